The Kier molecular flexibility index (Phi) is 4.60. The number of hydrogen-bond donors (Lipinski definition) is 2. The fraction of sp³-hybridized carbons (Fsp3) is 0.158. The molecule has 1 aliphatic heterocycles. The number of rotatable bonds is 4. The Labute approximate surface area is 160 Å². The van der Waals surface area contributed by atoms with E-state index in [1.165, 1.54) is 0 Å². The number of hydrogen-bond acceptors (Lipinski definition) is 4. The molecule has 1 atom stereocenters. The van der Waals surface area contributed by atoms with Gasteiger partial charge in [0.2, 0.25) is 17.8 Å². The van der Waals surface area contributed by atoms with Gasteiger partial charge in [-0.1, -0.05) is 48.0 Å². The van der Waals surface area contributed by atoms with Crippen molar-refractivity contribution in [3.05, 3.63) is 59.6 Å². The number of aromatic amines is 1. The average molecular weight is 382 g/mol. The molecule has 2 aromatic carbocycles. The summed E-state index contributed by atoms with van der Waals surface area (Å²) < 4.78 is 0. The highest BCUT2D eigenvalue weighted by atomic mass is 35.5. The van der Waals surface area contributed by atoms with E-state index in [4.69, 9.17) is 11.6 Å². The number of nitrogens with zero attached hydrogens (tertiary/aromatic N) is 3. The van der Waals surface area contributed by atoms with Crippen LogP contribution >= 0.6 is 11.6 Å². The van der Waals surface area contributed by atoms with Crippen LogP contribution in [-0.4, -0.2) is 33.5 Å². The molecule has 4 rings (SSSR count). The summed E-state index contributed by atoms with van der Waals surface area (Å²) in [4.78, 5) is 30.7. The van der Waals surface area contributed by atoms with Crippen LogP contribution in [0.15, 0.2) is 54.6 Å². The van der Waals surface area contributed by atoms with E-state index in [0.29, 0.717) is 23.1 Å². The van der Waals surface area contributed by atoms with Crippen LogP contribution in [0.5, 0.6) is 0 Å². The molecule has 136 valence electrons. The van der Waals surface area contributed by atoms with Gasteiger partial charge in [0, 0.05) is 29.2 Å². The van der Waals surface area contributed by atoms with Crippen molar-refractivity contribution in [3.8, 4) is 11.4 Å². The van der Waals surface area contributed by atoms with Crippen LogP contribution < -0.4 is 10.2 Å². The summed E-state index contributed by atoms with van der Waals surface area (Å²) in [6.07, 6.45) is 0.133. The minimum atomic E-state index is -0.477. The fourth-order valence-electron chi connectivity index (χ4n) is 3.03. The zero-order chi connectivity index (χ0) is 18.8. The second kappa shape index (κ2) is 7.20. The predicted octanol–water partition coefficient (Wildman–Crippen LogP) is 3.12. The Bertz CT molecular complexity index is 989. The lowest BCUT2D eigenvalue weighted by molar-refractivity contribution is -0.122. The Morgan fingerprint density at radius 3 is 2.78 bits per heavy atom. The predicted molar refractivity (Wildman–Crippen MR) is 102 cm³/mol. The van der Waals surface area contributed by atoms with Gasteiger partial charge in [-0.2, -0.15) is 4.98 Å². The molecule has 0 unspecified atom stereocenters. The topological polar surface area (TPSA) is 91.0 Å². The summed E-state index contributed by atoms with van der Waals surface area (Å²) in [5.74, 6) is -0.125. The maximum atomic E-state index is 12.5. The van der Waals surface area contributed by atoms with E-state index in [1.807, 2.05) is 30.3 Å². The molecule has 1 fully saturated rings. The third-order valence-corrected chi connectivity index (χ3v) is 4.62. The first-order valence-electron chi connectivity index (χ1n) is 8.45. The fourth-order valence-corrected chi connectivity index (χ4v) is 3.22. The minimum absolute atomic E-state index is 0.114. The number of aromatic nitrogens is 3. The van der Waals surface area contributed by atoms with Crippen molar-refractivity contribution < 1.29 is 9.59 Å². The molecule has 0 bridgehead atoms. The van der Waals surface area contributed by atoms with E-state index < -0.39 is 5.92 Å². The van der Waals surface area contributed by atoms with E-state index in [9.17, 15) is 9.59 Å². The molecular formula is C19H16ClN5O2. The van der Waals surface area contributed by atoms with Gasteiger partial charge in [-0.15, -0.1) is 5.10 Å². The van der Waals surface area contributed by atoms with Crippen molar-refractivity contribution in [1.82, 2.24) is 15.2 Å². The van der Waals surface area contributed by atoms with Crippen molar-refractivity contribution in [1.29, 1.82) is 0 Å². The molecule has 0 radical (unpaired) electrons. The molecular weight excluding hydrogens is 366 g/mol. The summed E-state index contributed by atoms with van der Waals surface area (Å²) in [7, 11) is 0. The lowest BCUT2D eigenvalue weighted by Gasteiger charge is -2.16. The highest BCUT2D eigenvalue weighted by molar-refractivity contribution is 6.31. The van der Waals surface area contributed by atoms with Gasteiger partial charge in [-0.25, -0.2) is 0 Å². The van der Waals surface area contributed by atoms with Gasteiger partial charge in [0.15, 0.2) is 5.82 Å². The molecule has 2 N–H and O–H groups in total. The van der Waals surface area contributed by atoms with Crippen molar-refractivity contribution >= 4 is 35.1 Å². The van der Waals surface area contributed by atoms with Crippen molar-refractivity contribution in [2.45, 2.75) is 6.42 Å². The normalized spacial score (nSPS) is 16.6. The minimum Gasteiger partial charge on any atom is -0.312 e. The van der Waals surface area contributed by atoms with E-state index in [0.717, 1.165) is 5.56 Å². The third-order valence-electron chi connectivity index (χ3n) is 4.38. The third kappa shape index (κ3) is 3.68. The number of halogens is 1. The number of amides is 2. The summed E-state index contributed by atoms with van der Waals surface area (Å²) in [5, 5.41) is 10.1. The number of carbonyl (C=O) groups is 2. The largest absolute Gasteiger partial charge is 0.312 e. The van der Waals surface area contributed by atoms with Crippen LogP contribution in [0.25, 0.3) is 11.4 Å². The zero-order valence-corrected chi connectivity index (χ0v) is 15.0. The number of nitrogens with one attached hydrogen (secondary N) is 2. The van der Waals surface area contributed by atoms with Crippen LogP contribution in [0.2, 0.25) is 5.02 Å². The van der Waals surface area contributed by atoms with Crippen molar-refractivity contribution in [2.24, 2.45) is 5.92 Å². The second-order valence-corrected chi connectivity index (χ2v) is 6.68. The SMILES string of the molecule is O=C(Nc1n[nH]c(-c2ccccc2)n1)[C@H]1CC(=O)N(c2cccc(Cl)c2)C1. The van der Waals surface area contributed by atoms with Gasteiger partial charge in [-0.05, 0) is 18.2 Å². The highest BCUT2D eigenvalue weighted by Gasteiger charge is 2.35. The van der Waals surface area contributed by atoms with E-state index >= 15 is 0 Å². The molecule has 3 aromatic rings. The molecule has 0 saturated carbocycles. The van der Waals surface area contributed by atoms with Crippen LogP contribution in [0, 0.1) is 5.92 Å². The quantitative estimate of drug-likeness (QED) is 0.726. The highest BCUT2D eigenvalue weighted by Crippen LogP contribution is 2.27. The monoisotopic (exact) mass is 381 g/mol. The summed E-state index contributed by atoms with van der Waals surface area (Å²) in [6.45, 7) is 0.293. The number of H-pyrrole nitrogens is 1. The van der Waals surface area contributed by atoms with Gasteiger partial charge in [0.05, 0.1) is 5.92 Å². The Morgan fingerprint density at radius 1 is 1.19 bits per heavy atom. The number of anilines is 2. The molecule has 0 aliphatic carbocycles. The molecule has 2 heterocycles. The molecule has 8 heteroatoms. The van der Waals surface area contributed by atoms with E-state index in [1.54, 1.807) is 29.2 Å². The van der Waals surface area contributed by atoms with Crippen LogP contribution in [-0.2, 0) is 9.59 Å². The van der Waals surface area contributed by atoms with Crippen LogP contribution in [0.1, 0.15) is 6.42 Å². The Morgan fingerprint density at radius 2 is 2.00 bits per heavy atom. The first kappa shape index (κ1) is 17.2. The molecule has 7 nitrogen and oxygen atoms in total. The van der Waals surface area contributed by atoms with E-state index in [2.05, 4.69) is 20.5 Å². The first-order chi connectivity index (χ1) is 13.1. The summed E-state index contributed by atoms with van der Waals surface area (Å²) >= 11 is 5.99. The first-order valence-corrected chi connectivity index (χ1v) is 8.82. The zero-order valence-electron chi connectivity index (χ0n) is 14.2. The van der Waals surface area contributed by atoms with Crippen molar-refractivity contribution in [2.75, 3.05) is 16.8 Å². The van der Waals surface area contributed by atoms with E-state index in [-0.39, 0.29) is 24.2 Å². The van der Waals surface area contributed by atoms with Crippen LogP contribution in [0.3, 0.4) is 0 Å². The van der Waals surface area contributed by atoms with Crippen LogP contribution in [0.4, 0.5) is 11.6 Å². The maximum Gasteiger partial charge on any atom is 0.249 e. The van der Waals surface area contributed by atoms with Gasteiger partial charge in [0.1, 0.15) is 0 Å². The maximum absolute atomic E-state index is 12.5. The second-order valence-electron chi connectivity index (χ2n) is 6.25. The molecule has 0 spiro atoms. The van der Waals surface area contributed by atoms with Crippen molar-refractivity contribution in [3.63, 3.8) is 0 Å². The average Bonchev–Trinajstić information content (AvgIpc) is 3.29. The Hall–Kier alpha value is -3.19. The molecule has 1 aromatic heterocycles. The summed E-state index contributed by atoms with van der Waals surface area (Å²) in [6, 6.07) is 16.5. The van der Waals surface area contributed by atoms with Gasteiger partial charge >= 0.3 is 0 Å². The lowest BCUT2D eigenvalue weighted by atomic mass is 10.1. The summed E-state index contributed by atoms with van der Waals surface area (Å²) in [5.41, 5.74) is 1.56. The molecule has 2 amide bonds. The smallest absolute Gasteiger partial charge is 0.249 e. The van der Waals surface area contributed by atoms with Gasteiger partial charge in [0.25, 0.3) is 0 Å². The standard InChI is InChI=1S/C19H16ClN5O2/c20-14-7-4-8-15(10-14)25-11-13(9-16(25)26)18(27)22-19-21-17(23-24-19)12-5-2-1-3-6-12/h1-8,10,13H,9,11H2,(H2,21,22,23,24,27)/t13-/m0/s1. The molecule has 1 aliphatic rings. The number of benzene rings is 2. The molecule has 27 heavy (non-hydrogen) atoms. The van der Waals surface area contributed by atoms with Gasteiger partial charge in [-0.3, -0.25) is 20.0 Å². The van der Waals surface area contributed by atoms with Gasteiger partial charge < -0.3 is 4.90 Å². The lowest BCUT2D eigenvalue weighted by Crippen LogP contribution is -2.28. The molecule has 1 saturated heterocycles. The Balaban J connectivity index is 1.44. The number of carbonyl (C=O) groups excluding carboxylic acids is 2.